The van der Waals surface area contributed by atoms with Gasteiger partial charge >= 0.3 is 0 Å². The third-order valence-electron chi connectivity index (χ3n) is 2.49. The second-order valence-corrected chi connectivity index (χ2v) is 6.40. The Morgan fingerprint density at radius 2 is 1.71 bits per heavy atom. The van der Waals surface area contributed by atoms with Crippen molar-refractivity contribution in [1.82, 2.24) is 4.98 Å². The average Bonchev–Trinajstić information content (AvgIpc) is 2.14. The second-order valence-electron chi connectivity index (χ2n) is 5.49. The molecule has 1 aromatic heterocycles. The van der Waals surface area contributed by atoms with E-state index in [2.05, 4.69) is 66.5 Å². The molecule has 1 rings (SSSR count). The van der Waals surface area contributed by atoms with E-state index >= 15 is 0 Å². The molecular formula is C14H23BrN2. The zero-order chi connectivity index (χ0) is 13.0. The summed E-state index contributed by atoms with van der Waals surface area (Å²) in [6, 6.07) is 2.13. The highest BCUT2D eigenvalue weighted by atomic mass is 79.9. The Kier molecular flexibility index (Phi) is 5.44. The Balaban J connectivity index is 2.95. The largest absolute Gasteiger partial charge is 0.356 e. The van der Waals surface area contributed by atoms with Crippen LogP contribution >= 0.6 is 15.9 Å². The molecule has 0 saturated carbocycles. The second kappa shape index (κ2) is 6.39. The number of aryl methyl sites for hydroxylation is 1. The highest BCUT2D eigenvalue weighted by molar-refractivity contribution is 9.10. The van der Waals surface area contributed by atoms with E-state index in [1.54, 1.807) is 0 Å². The summed E-state index contributed by atoms with van der Waals surface area (Å²) in [5.74, 6) is 2.42. The number of aromatic nitrogens is 1. The summed E-state index contributed by atoms with van der Waals surface area (Å²) in [4.78, 5) is 6.96. The first-order valence-electron chi connectivity index (χ1n) is 6.27. The van der Waals surface area contributed by atoms with Crippen LogP contribution in [0.2, 0.25) is 0 Å². The van der Waals surface area contributed by atoms with E-state index in [1.165, 1.54) is 5.56 Å². The van der Waals surface area contributed by atoms with Crippen molar-refractivity contribution in [3.8, 4) is 0 Å². The molecule has 17 heavy (non-hydrogen) atoms. The molecule has 0 aromatic carbocycles. The van der Waals surface area contributed by atoms with Gasteiger partial charge in [0.05, 0.1) is 0 Å². The summed E-state index contributed by atoms with van der Waals surface area (Å²) >= 11 is 3.47. The number of anilines is 1. The van der Waals surface area contributed by atoms with Crippen molar-refractivity contribution in [1.29, 1.82) is 0 Å². The first kappa shape index (κ1) is 14.5. The molecule has 0 N–H and O–H groups in total. The van der Waals surface area contributed by atoms with Crippen molar-refractivity contribution in [2.24, 2.45) is 11.8 Å². The van der Waals surface area contributed by atoms with Crippen LogP contribution in [0.3, 0.4) is 0 Å². The van der Waals surface area contributed by atoms with Crippen molar-refractivity contribution in [2.75, 3.05) is 18.0 Å². The number of hydrogen-bond acceptors (Lipinski definition) is 2. The third-order valence-corrected chi connectivity index (χ3v) is 2.92. The lowest BCUT2D eigenvalue weighted by atomic mass is 10.1. The normalized spacial score (nSPS) is 11.3. The first-order chi connectivity index (χ1) is 7.90. The van der Waals surface area contributed by atoms with Crippen molar-refractivity contribution in [2.45, 2.75) is 34.6 Å². The quantitative estimate of drug-likeness (QED) is 0.807. The molecule has 0 amide bonds. The van der Waals surface area contributed by atoms with Crippen LogP contribution in [0.5, 0.6) is 0 Å². The van der Waals surface area contributed by atoms with Crippen LogP contribution in [0.15, 0.2) is 16.7 Å². The number of rotatable bonds is 5. The Morgan fingerprint density at radius 3 is 2.12 bits per heavy atom. The van der Waals surface area contributed by atoms with Crippen LogP contribution in [-0.4, -0.2) is 18.1 Å². The monoisotopic (exact) mass is 298 g/mol. The highest BCUT2D eigenvalue weighted by Crippen LogP contribution is 2.22. The first-order valence-corrected chi connectivity index (χ1v) is 7.06. The van der Waals surface area contributed by atoms with Crippen molar-refractivity contribution >= 4 is 21.7 Å². The summed E-state index contributed by atoms with van der Waals surface area (Å²) in [7, 11) is 0. The zero-order valence-electron chi connectivity index (χ0n) is 11.5. The fourth-order valence-corrected chi connectivity index (χ4v) is 2.44. The van der Waals surface area contributed by atoms with E-state index in [-0.39, 0.29) is 0 Å². The van der Waals surface area contributed by atoms with Crippen LogP contribution in [0.25, 0.3) is 0 Å². The van der Waals surface area contributed by atoms with Gasteiger partial charge in [-0.15, -0.1) is 0 Å². The molecule has 0 aliphatic carbocycles. The maximum Gasteiger partial charge on any atom is 0.131 e. The number of hydrogen-bond donors (Lipinski definition) is 0. The van der Waals surface area contributed by atoms with Gasteiger partial charge in [0.15, 0.2) is 0 Å². The SMILES string of the molecule is Cc1cc(Br)cnc1N(CC(C)C)CC(C)C. The minimum absolute atomic E-state index is 0.651. The van der Waals surface area contributed by atoms with Crippen molar-refractivity contribution < 1.29 is 0 Å². The minimum Gasteiger partial charge on any atom is -0.356 e. The molecule has 3 heteroatoms. The lowest BCUT2D eigenvalue weighted by Gasteiger charge is -2.28. The predicted molar refractivity (Wildman–Crippen MR) is 78.6 cm³/mol. The number of halogens is 1. The van der Waals surface area contributed by atoms with E-state index in [4.69, 9.17) is 0 Å². The summed E-state index contributed by atoms with van der Waals surface area (Å²) in [5, 5.41) is 0. The van der Waals surface area contributed by atoms with E-state index in [1.807, 2.05) is 6.20 Å². The summed E-state index contributed by atoms with van der Waals surface area (Å²) in [6.07, 6.45) is 1.88. The zero-order valence-corrected chi connectivity index (χ0v) is 13.1. The predicted octanol–water partition coefficient (Wildman–Crippen LogP) is 4.27. The molecule has 0 bridgehead atoms. The molecule has 0 fully saturated rings. The standard InChI is InChI=1S/C14H23BrN2/c1-10(2)8-17(9-11(3)4)14-12(5)6-13(15)7-16-14/h6-7,10-11H,8-9H2,1-5H3. The van der Waals surface area contributed by atoms with Gasteiger partial charge < -0.3 is 4.90 Å². The van der Waals surface area contributed by atoms with Crippen LogP contribution in [0.4, 0.5) is 5.82 Å². The van der Waals surface area contributed by atoms with E-state index in [0.29, 0.717) is 11.8 Å². The average molecular weight is 299 g/mol. The summed E-state index contributed by atoms with van der Waals surface area (Å²) in [6.45, 7) is 13.3. The molecule has 0 aliphatic heterocycles. The molecule has 0 atom stereocenters. The smallest absolute Gasteiger partial charge is 0.131 e. The van der Waals surface area contributed by atoms with Gasteiger partial charge in [0.2, 0.25) is 0 Å². The van der Waals surface area contributed by atoms with E-state index < -0.39 is 0 Å². The summed E-state index contributed by atoms with van der Waals surface area (Å²) in [5.41, 5.74) is 1.24. The number of nitrogens with zero attached hydrogens (tertiary/aromatic N) is 2. The van der Waals surface area contributed by atoms with Crippen molar-refractivity contribution in [3.63, 3.8) is 0 Å². The van der Waals surface area contributed by atoms with Gasteiger partial charge in [-0.05, 0) is 46.3 Å². The number of pyridine rings is 1. The molecule has 1 heterocycles. The van der Waals surface area contributed by atoms with Crippen molar-refractivity contribution in [3.05, 3.63) is 22.3 Å². The van der Waals surface area contributed by atoms with Crippen LogP contribution in [0.1, 0.15) is 33.3 Å². The molecule has 1 aromatic rings. The molecule has 0 saturated heterocycles. The van der Waals surface area contributed by atoms with Gasteiger partial charge in [-0.3, -0.25) is 0 Å². The van der Waals surface area contributed by atoms with E-state index in [9.17, 15) is 0 Å². The minimum atomic E-state index is 0.651. The molecule has 0 radical (unpaired) electrons. The fraction of sp³-hybridized carbons (Fsp3) is 0.643. The molecule has 2 nitrogen and oxygen atoms in total. The van der Waals surface area contributed by atoms with Gasteiger partial charge in [-0.1, -0.05) is 27.7 Å². The topological polar surface area (TPSA) is 16.1 Å². The van der Waals surface area contributed by atoms with Crippen LogP contribution in [0, 0.1) is 18.8 Å². The Morgan fingerprint density at radius 1 is 1.18 bits per heavy atom. The fourth-order valence-electron chi connectivity index (χ4n) is 1.99. The lowest BCUT2D eigenvalue weighted by Crippen LogP contribution is -2.32. The van der Waals surface area contributed by atoms with Gasteiger partial charge in [0.1, 0.15) is 5.82 Å². The highest BCUT2D eigenvalue weighted by Gasteiger charge is 2.13. The lowest BCUT2D eigenvalue weighted by molar-refractivity contribution is 0.548. The molecule has 0 aliphatic rings. The maximum atomic E-state index is 4.56. The maximum absolute atomic E-state index is 4.56. The molecular weight excluding hydrogens is 276 g/mol. The molecule has 0 spiro atoms. The Bertz CT molecular complexity index is 351. The van der Waals surface area contributed by atoms with Gasteiger partial charge in [-0.25, -0.2) is 4.98 Å². The van der Waals surface area contributed by atoms with E-state index in [0.717, 1.165) is 23.4 Å². The Hall–Kier alpha value is -0.570. The Labute approximate surface area is 114 Å². The molecule has 0 unspecified atom stereocenters. The van der Waals surface area contributed by atoms with Gasteiger partial charge in [0, 0.05) is 23.8 Å². The third kappa shape index (κ3) is 4.66. The van der Waals surface area contributed by atoms with Crippen LogP contribution in [-0.2, 0) is 0 Å². The van der Waals surface area contributed by atoms with Gasteiger partial charge in [-0.2, -0.15) is 0 Å². The van der Waals surface area contributed by atoms with Crippen LogP contribution < -0.4 is 4.90 Å². The summed E-state index contributed by atoms with van der Waals surface area (Å²) < 4.78 is 1.05. The molecule has 96 valence electrons. The van der Waals surface area contributed by atoms with Gasteiger partial charge in [0.25, 0.3) is 0 Å².